The van der Waals surface area contributed by atoms with Gasteiger partial charge in [-0.2, -0.15) is 0 Å². The van der Waals surface area contributed by atoms with E-state index in [2.05, 4.69) is 48.5 Å². The average Bonchev–Trinajstić information content (AvgIpc) is 2.88. The van der Waals surface area contributed by atoms with Crippen LogP contribution in [0.4, 0.5) is 0 Å². The molecule has 1 aromatic heterocycles. The SMILES string of the molecule is CC(C)(C)CC(=O)NCC1CCCN(Cc2cccs2)C1. The number of carbonyl (C=O) groups is 1. The third kappa shape index (κ3) is 6.18. The van der Waals surface area contributed by atoms with Crippen LogP contribution in [0.1, 0.15) is 44.9 Å². The number of nitrogens with zero attached hydrogens (tertiary/aromatic N) is 1. The van der Waals surface area contributed by atoms with Gasteiger partial charge in [0.2, 0.25) is 5.91 Å². The van der Waals surface area contributed by atoms with Crippen molar-refractivity contribution < 1.29 is 4.79 Å². The van der Waals surface area contributed by atoms with Gasteiger partial charge in [-0.25, -0.2) is 0 Å². The molecule has 0 aromatic carbocycles. The van der Waals surface area contributed by atoms with Crippen molar-refractivity contribution in [2.75, 3.05) is 19.6 Å². The molecule has 3 nitrogen and oxygen atoms in total. The summed E-state index contributed by atoms with van der Waals surface area (Å²) in [6.07, 6.45) is 3.08. The smallest absolute Gasteiger partial charge is 0.220 e. The molecule has 2 rings (SSSR count). The Kier molecular flexibility index (Phi) is 5.82. The molecular formula is C17H28N2OS. The van der Waals surface area contributed by atoms with E-state index in [1.807, 2.05) is 11.3 Å². The quantitative estimate of drug-likeness (QED) is 0.903. The second kappa shape index (κ2) is 7.41. The molecule has 1 saturated heterocycles. The zero-order valence-corrected chi connectivity index (χ0v) is 14.3. The van der Waals surface area contributed by atoms with Crippen LogP contribution in [-0.2, 0) is 11.3 Å². The minimum Gasteiger partial charge on any atom is -0.356 e. The molecular weight excluding hydrogens is 280 g/mol. The first kappa shape index (κ1) is 16.5. The summed E-state index contributed by atoms with van der Waals surface area (Å²) >= 11 is 1.83. The molecule has 4 heteroatoms. The van der Waals surface area contributed by atoms with Gasteiger partial charge in [-0.1, -0.05) is 26.8 Å². The molecule has 1 aliphatic rings. The minimum absolute atomic E-state index is 0.0713. The van der Waals surface area contributed by atoms with Gasteiger partial charge in [-0.3, -0.25) is 9.69 Å². The van der Waals surface area contributed by atoms with E-state index in [0.717, 1.165) is 19.6 Å². The standard InChI is InChI=1S/C17H28N2OS/c1-17(2,3)10-16(20)18-11-14-6-4-8-19(12-14)13-15-7-5-9-21-15/h5,7,9,14H,4,6,8,10-13H2,1-3H3,(H,18,20). The molecule has 1 N–H and O–H groups in total. The Hall–Kier alpha value is -0.870. The summed E-state index contributed by atoms with van der Waals surface area (Å²) in [5, 5.41) is 5.27. The van der Waals surface area contributed by atoms with Gasteiger partial charge in [0.15, 0.2) is 0 Å². The minimum atomic E-state index is 0.0713. The summed E-state index contributed by atoms with van der Waals surface area (Å²) in [7, 11) is 0. The number of hydrogen-bond donors (Lipinski definition) is 1. The monoisotopic (exact) mass is 308 g/mol. The molecule has 1 unspecified atom stereocenters. The van der Waals surface area contributed by atoms with Gasteiger partial charge >= 0.3 is 0 Å². The third-order valence-electron chi connectivity index (χ3n) is 3.84. The lowest BCUT2D eigenvalue weighted by atomic mass is 9.91. The molecule has 0 saturated carbocycles. The Morgan fingerprint density at radius 3 is 2.95 bits per heavy atom. The van der Waals surface area contributed by atoms with E-state index < -0.39 is 0 Å². The lowest BCUT2D eigenvalue weighted by molar-refractivity contribution is -0.123. The van der Waals surface area contributed by atoms with Crippen molar-refractivity contribution in [2.45, 2.75) is 46.6 Å². The molecule has 21 heavy (non-hydrogen) atoms. The maximum Gasteiger partial charge on any atom is 0.220 e. The van der Waals surface area contributed by atoms with E-state index in [-0.39, 0.29) is 11.3 Å². The Labute approximate surface area is 132 Å². The van der Waals surface area contributed by atoms with Crippen molar-refractivity contribution in [2.24, 2.45) is 11.3 Å². The number of piperidine rings is 1. The molecule has 1 atom stereocenters. The summed E-state index contributed by atoms with van der Waals surface area (Å²) in [5.74, 6) is 0.792. The van der Waals surface area contributed by atoms with Crippen LogP contribution >= 0.6 is 11.3 Å². The number of hydrogen-bond acceptors (Lipinski definition) is 3. The van der Waals surface area contributed by atoms with Gasteiger partial charge in [0.25, 0.3) is 0 Å². The molecule has 0 bridgehead atoms. The summed E-state index contributed by atoms with van der Waals surface area (Å²) in [6.45, 7) is 10.5. The highest BCUT2D eigenvalue weighted by molar-refractivity contribution is 7.09. The second-order valence-corrected chi connectivity index (χ2v) is 8.40. The summed E-state index contributed by atoms with van der Waals surface area (Å²) in [5.41, 5.74) is 0.0713. The number of nitrogens with one attached hydrogen (secondary N) is 1. The van der Waals surface area contributed by atoms with Gasteiger partial charge in [0.1, 0.15) is 0 Å². The Morgan fingerprint density at radius 2 is 2.29 bits per heavy atom. The van der Waals surface area contributed by atoms with Crippen LogP contribution in [0.3, 0.4) is 0 Å². The van der Waals surface area contributed by atoms with Gasteiger partial charge in [0, 0.05) is 30.9 Å². The molecule has 0 spiro atoms. The van der Waals surface area contributed by atoms with Crippen molar-refractivity contribution >= 4 is 17.2 Å². The summed E-state index contributed by atoms with van der Waals surface area (Å²) in [6, 6.07) is 4.33. The van der Waals surface area contributed by atoms with Crippen molar-refractivity contribution in [3.05, 3.63) is 22.4 Å². The lowest BCUT2D eigenvalue weighted by Gasteiger charge is -2.32. The van der Waals surface area contributed by atoms with Crippen LogP contribution < -0.4 is 5.32 Å². The Bertz CT molecular complexity index is 436. The lowest BCUT2D eigenvalue weighted by Crippen LogP contribution is -2.41. The summed E-state index contributed by atoms with van der Waals surface area (Å²) in [4.78, 5) is 15.9. The van der Waals surface area contributed by atoms with Crippen LogP contribution in [0, 0.1) is 11.3 Å². The molecule has 0 aliphatic carbocycles. The molecule has 0 radical (unpaired) electrons. The van der Waals surface area contributed by atoms with E-state index in [1.165, 1.54) is 24.3 Å². The zero-order chi connectivity index (χ0) is 15.3. The highest BCUT2D eigenvalue weighted by Crippen LogP contribution is 2.21. The van der Waals surface area contributed by atoms with Crippen LogP contribution in [-0.4, -0.2) is 30.4 Å². The van der Waals surface area contributed by atoms with Gasteiger partial charge in [-0.15, -0.1) is 11.3 Å². The molecule has 2 heterocycles. The normalized spacial score (nSPS) is 20.4. The number of carbonyl (C=O) groups excluding carboxylic acids is 1. The van der Waals surface area contributed by atoms with Crippen molar-refractivity contribution in [1.82, 2.24) is 10.2 Å². The van der Waals surface area contributed by atoms with Gasteiger partial charge < -0.3 is 5.32 Å². The van der Waals surface area contributed by atoms with E-state index in [0.29, 0.717) is 12.3 Å². The number of thiophene rings is 1. The van der Waals surface area contributed by atoms with Crippen LogP contribution in [0.15, 0.2) is 17.5 Å². The topological polar surface area (TPSA) is 32.3 Å². The Morgan fingerprint density at radius 1 is 1.48 bits per heavy atom. The predicted molar refractivity (Wildman–Crippen MR) is 89.4 cm³/mol. The fraction of sp³-hybridized carbons (Fsp3) is 0.706. The maximum atomic E-state index is 11.9. The predicted octanol–water partition coefficient (Wildman–Crippen LogP) is 3.51. The number of rotatable bonds is 5. The van der Waals surface area contributed by atoms with Gasteiger partial charge in [-0.05, 0) is 42.2 Å². The van der Waals surface area contributed by atoms with Gasteiger partial charge in [0.05, 0.1) is 0 Å². The van der Waals surface area contributed by atoms with Crippen molar-refractivity contribution in [3.63, 3.8) is 0 Å². The molecule has 1 fully saturated rings. The first-order valence-electron chi connectivity index (χ1n) is 7.94. The second-order valence-electron chi connectivity index (χ2n) is 7.36. The van der Waals surface area contributed by atoms with E-state index >= 15 is 0 Å². The molecule has 1 aliphatic heterocycles. The van der Waals surface area contributed by atoms with Crippen LogP contribution in [0.5, 0.6) is 0 Å². The highest BCUT2D eigenvalue weighted by Gasteiger charge is 2.22. The number of likely N-dealkylation sites (tertiary alicyclic amines) is 1. The van der Waals surface area contributed by atoms with E-state index in [9.17, 15) is 4.79 Å². The first-order chi connectivity index (χ1) is 9.92. The first-order valence-corrected chi connectivity index (χ1v) is 8.82. The number of amides is 1. The zero-order valence-electron chi connectivity index (χ0n) is 13.5. The van der Waals surface area contributed by atoms with Crippen LogP contribution in [0.2, 0.25) is 0 Å². The molecule has 118 valence electrons. The fourth-order valence-electron chi connectivity index (χ4n) is 2.89. The highest BCUT2D eigenvalue weighted by atomic mass is 32.1. The van der Waals surface area contributed by atoms with E-state index in [4.69, 9.17) is 0 Å². The van der Waals surface area contributed by atoms with Crippen molar-refractivity contribution in [1.29, 1.82) is 0 Å². The Balaban J connectivity index is 1.72. The third-order valence-corrected chi connectivity index (χ3v) is 4.70. The largest absolute Gasteiger partial charge is 0.356 e. The maximum absolute atomic E-state index is 11.9. The van der Waals surface area contributed by atoms with E-state index in [1.54, 1.807) is 0 Å². The fourth-order valence-corrected chi connectivity index (χ4v) is 3.63. The van der Waals surface area contributed by atoms with Crippen molar-refractivity contribution in [3.8, 4) is 0 Å². The summed E-state index contributed by atoms with van der Waals surface area (Å²) < 4.78 is 0. The molecule has 1 aromatic rings. The molecule has 1 amide bonds. The van der Waals surface area contributed by atoms with Crippen LogP contribution in [0.25, 0.3) is 0 Å². The average molecular weight is 308 g/mol.